The van der Waals surface area contributed by atoms with Crippen molar-refractivity contribution in [2.24, 2.45) is 0 Å². The number of carbonyl (C=O) groups is 1. The number of amides is 1. The first-order chi connectivity index (χ1) is 12.7. The van der Waals surface area contributed by atoms with Gasteiger partial charge in [0.05, 0.1) is 16.5 Å². The van der Waals surface area contributed by atoms with Crippen LogP contribution >= 0.6 is 15.9 Å². The van der Waals surface area contributed by atoms with E-state index >= 15 is 0 Å². The fourth-order valence-electron chi connectivity index (χ4n) is 2.67. The van der Waals surface area contributed by atoms with Crippen molar-refractivity contribution in [1.82, 2.24) is 9.62 Å². The lowest BCUT2D eigenvalue weighted by Crippen LogP contribution is -2.30. The standard InChI is InChI=1S/C19H22BrFN2O3S/c1-4-23(5-2)27(25,26)16-9-6-14(7-10-16)13(3)22-19(24)17-12-15(21)8-11-18(17)20/h6-13H,4-5H2,1-3H3,(H,22,24)/t13-/m1/s1. The molecule has 0 fully saturated rings. The van der Waals surface area contributed by atoms with Crippen LogP contribution in [0.5, 0.6) is 0 Å². The molecule has 146 valence electrons. The lowest BCUT2D eigenvalue weighted by atomic mass is 10.1. The average molecular weight is 457 g/mol. The molecule has 0 aliphatic heterocycles. The number of rotatable bonds is 7. The predicted octanol–water partition coefficient (Wildman–Crippen LogP) is 4.11. The zero-order valence-electron chi connectivity index (χ0n) is 15.4. The van der Waals surface area contributed by atoms with E-state index in [4.69, 9.17) is 0 Å². The molecule has 1 amide bonds. The summed E-state index contributed by atoms with van der Waals surface area (Å²) in [6, 6.07) is 9.92. The van der Waals surface area contributed by atoms with Gasteiger partial charge in [0.1, 0.15) is 5.82 Å². The van der Waals surface area contributed by atoms with E-state index in [1.165, 1.54) is 28.6 Å². The van der Waals surface area contributed by atoms with Crippen molar-refractivity contribution < 1.29 is 17.6 Å². The molecular weight excluding hydrogens is 435 g/mol. The summed E-state index contributed by atoms with van der Waals surface area (Å²) in [5.74, 6) is -0.921. The number of sulfonamides is 1. The molecule has 0 bridgehead atoms. The van der Waals surface area contributed by atoms with Gasteiger partial charge in [-0.15, -0.1) is 0 Å². The van der Waals surface area contributed by atoms with Crippen LogP contribution in [-0.2, 0) is 10.0 Å². The third kappa shape index (κ3) is 4.94. The molecule has 0 saturated carbocycles. The van der Waals surface area contributed by atoms with Crippen LogP contribution in [0.3, 0.4) is 0 Å². The Bertz CT molecular complexity index is 913. The highest BCUT2D eigenvalue weighted by molar-refractivity contribution is 9.10. The van der Waals surface area contributed by atoms with E-state index in [1.54, 1.807) is 32.9 Å². The van der Waals surface area contributed by atoms with Crippen molar-refractivity contribution in [2.45, 2.75) is 31.7 Å². The minimum atomic E-state index is -3.52. The molecule has 2 rings (SSSR count). The van der Waals surface area contributed by atoms with E-state index in [1.807, 2.05) is 0 Å². The summed E-state index contributed by atoms with van der Waals surface area (Å²) in [5, 5.41) is 2.79. The van der Waals surface area contributed by atoms with Gasteiger partial charge in [-0.05, 0) is 58.7 Å². The topological polar surface area (TPSA) is 66.5 Å². The summed E-state index contributed by atoms with van der Waals surface area (Å²) in [7, 11) is -3.52. The number of carbonyl (C=O) groups excluding carboxylic acids is 1. The maximum atomic E-state index is 13.4. The lowest BCUT2D eigenvalue weighted by molar-refractivity contribution is 0.0938. The second-order valence-electron chi connectivity index (χ2n) is 5.98. The first-order valence-corrected chi connectivity index (χ1v) is 10.8. The van der Waals surface area contributed by atoms with E-state index in [-0.39, 0.29) is 16.5 Å². The summed E-state index contributed by atoms with van der Waals surface area (Å²) >= 11 is 3.24. The third-order valence-corrected chi connectivity index (χ3v) is 7.00. The van der Waals surface area contributed by atoms with Crippen molar-refractivity contribution in [3.8, 4) is 0 Å². The number of hydrogen-bond acceptors (Lipinski definition) is 3. The van der Waals surface area contributed by atoms with Gasteiger partial charge in [-0.2, -0.15) is 4.31 Å². The molecule has 0 radical (unpaired) electrons. The number of hydrogen-bond donors (Lipinski definition) is 1. The van der Waals surface area contributed by atoms with Gasteiger partial charge in [0.2, 0.25) is 10.0 Å². The Balaban J connectivity index is 2.17. The second-order valence-corrected chi connectivity index (χ2v) is 8.77. The van der Waals surface area contributed by atoms with Crippen LogP contribution in [0.15, 0.2) is 51.8 Å². The number of nitrogens with one attached hydrogen (secondary N) is 1. The van der Waals surface area contributed by atoms with Crippen molar-refractivity contribution in [3.05, 3.63) is 63.9 Å². The Labute approximate surface area is 167 Å². The summed E-state index contributed by atoms with van der Waals surface area (Å²) in [4.78, 5) is 12.6. The van der Waals surface area contributed by atoms with Crippen LogP contribution in [0.4, 0.5) is 4.39 Å². The monoisotopic (exact) mass is 456 g/mol. The van der Waals surface area contributed by atoms with Crippen LogP contribution in [0, 0.1) is 5.82 Å². The second kappa shape index (κ2) is 8.95. The molecule has 0 heterocycles. The normalized spacial score (nSPS) is 12.8. The minimum absolute atomic E-state index is 0.197. The average Bonchev–Trinajstić information content (AvgIpc) is 2.64. The van der Waals surface area contributed by atoms with Gasteiger partial charge in [-0.1, -0.05) is 26.0 Å². The van der Waals surface area contributed by atoms with E-state index in [9.17, 15) is 17.6 Å². The van der Waals surface area contributed by atoms with Crippen LogP contribution < -0.4 is 5.32 Å². The Morgan fingerprint density at radius 2 is 1.74 bits per heavy atom. The zero-order valence-corrected chi connectivity index (χ0v) is 17.8. The largest absolute Gasteiger partial charge is 0.345 e. The van der Waals surface area contributed by atoms with E-state index in [0.29, 0.717) is 17.6 Å². The minimum Gasteiger partial charge on any atom is -0.345 e. The Morgan fingerprint density at radius 1 is 1.15 bits per heavy atom. The van der Waals surface area contributed by atoms with Crippen molar-refractivity contribution in [2.75, 3.05) is 13.1 Å². The first kappa shape index (κ1) is 21.5. The summed E-state index contributed by atoms with van der Waals surface area (Å²) < 4.78 is 40.3. The highest BCUT2D eigenvalue weighted by atomic mass is 79.9. The van der Waals surface area contributed by atoms with Crippen molar-refractivity contribution in [1.29, 1.82) is 0 Å². The fraction of sp³-hybridized carbons (Fsp3) is 0.316. The molecule has 1 atom stereocenters. The van der Waals surface area contributed by atoms with E-state index in [2.05, 4.69) is 21.2 Å². The molecule has 2 aromatic carbocycles. The highest BCUT2D eigenvalue weighted by Crippen LogP contribution is 2.22. The van der Waals surface area contributed by atoms with Gasteiger partial charge >= 0.3 is 0 Å². The Kier molecular flexibility index (Phi) is 7.13. The van der Waals surface area contributed by atoms with Gasteiger partial charge in [0.15, 0.2) is 0 Å². The van der Waals surface area contributed by atoms with Crippen LogP contribution in [0.2, 0.25) is 0 Å². The zero-order chi connectivity index (χ0) is 20.2. The SMILES string of the molecule is CCN(CC)S(=O)(=O)c1ccc([C@@H](C)NC(=O)c2cc(F)ccc2Br)cc1. The number of nitrogens with zero attached hydrogens (tertiary/aromatic N) is 1. The van der Waals surface area contributed by atoms with Crippen LogP contribution in [0.25, 0.3) is 0 Å². The fourth-order valence-corrected chi connectivity index (χ4v) is 4.55. The maximum Gasteiger partial charge on any atom is 0.253 e. The Hall–Kier alpha value is -1.77. The van der Waals surface area contributed by atoms with Crippen LogP contribution in [-0.4, -0.2) is 31.7 Å². The first-order valence-electron chi connectivity index (χ1n) is 8.56. The van der Waals surface area contributed by atoms with Crippen molar-refractivity contribution >= 4 is 31.9 Å². The third-order valence-electron chi connectivity index (χ3n) is 4.24. The van der Waals surface area contributed by atoms with E-state index in [0.717, 1.165) is 11.6 Å². The number of benzene rings is 2. The summed E-state index contributed by atoms with van der Waals surface area (Å²) in [6.45, 7) is 6.15. The molecule has 8 heteroatoms. The molecule has 0 aliphatic carbocycles. The molecule has 1 N–H and O–H groups in total. The molecule has 5 nitrogen and oxygen atoms in total. The highest BCUT2D eigenvalue weighted by Gasteiger charge is 2.22. The van der Waals surface area contributed by atoms with Gasteiger partial charge in [0, 0.05) is 17.6 Å². The molecule has 0 unspecified atom stereocenters. The van der Waals surface area contributed by atoms with E-state index < -0.39 is 21.7 Å². The maximum absolute atomic E-state index is 13.4. The quantitative estimate of drug-likeness (QED) is 0.681. The van der Waals surface area contributed by atoms with Crippen molar-refractivity contribution in [3.63, 3.8) is 0 Å². The molecule has 0 aliphatic rings. The summed E-state index contributed by atoms with van der Waals surface area (Å²) in [6.07, 6.45) is 0. The van der Waals surface area contributed by atoms with Crippen LogP contribution in [0.1, 0.15) is 42.7 Å². The Morgan fingerprint density at radius 3 is 2.30 bits per heavy atom. The smallest absolute Gasteiger partial charge is 0.253 e. The summed E-state index contributed by atoms with van der Waals surface area (Å²) in [5.41, 5.74) is 0.942. The van der Waals surface area contributed by atoms with Gasteiger partial charge in [-0.25, -0.2) is 12.8 Å². The lowest BCUT2D eigenvalue weighted by Gasteiger charge is -2.19. The molecule has 2 aromatic rings. The predicted molar refractivity (Wildman–Crippen MR) is 107 cm³/mol. The van der Waals surface area contributed by atoms with Gasteiger partial charge in [-0.3, -0.25) is 4.79 Å². The number of halogens is 2. The molecule has 27 heavy (non-hydrogen) atoms. The van der Waals surface area contributed by atoms with Gasteiger partial charge < -0.3 is 5.32 Å². The molecule has 0 aromatic heterocycles. The molecular formula is C19H22BrFN2O3S. The van der Waals surface area contributed by atoms with Gasteiger partial charge in [0.25, 0.3) is 5.91 Å². The molecule has 0 saturated heterocycles. The molecule has 0 spiro atoms.